The van der Waals surface area contributed by atoms with Crippen LogP contribution in [-0.2, 0) is 0 Å². The molecular formula is C14H9F2N3S2. The Kier molecular flexibility index (Phi) is 3.57. The third kappa shape index (κ3) is 2.37. The van der Waals surface area contributed by atoms with Gasteiger partial charge >= 0.3 is 0 Å². The summed E-state index contributed by atoms with van der Waals surface area (Å²) >= 11 is 1.61. The van der Waals surface area contributed by atoms with Gasteiger partial charge in [0.15, 0.2) is 10.9 Å². The second-order valence-electron chi connectivity index (χ2n) is 4.38. The minimum atomic E-state index is -0.581. The Morgan fingerprint density at radius 2 is 2.19 bits per heavy atom. The zero-order valence-corrected chi connectivity index (χ0v) is 12.5. The maximum atomic E-state index is 13.4. The van der Waals surface area contributed by atoms with Gasteiger partial charge in [-0.2, -0.15) is 9.65 Å². The van der Waals surface area contributed by atoms with Crippen molar-refractivity contribution in [2.45, 2.75) is 11.8 Å². The first-order valence-corrected chi connectivity index (χ1v) is 7.67. The van der Waals surface area contributed by atoms with Gasteiger partial charge in [-0.05, 0) is 30.5 Å². The highest BCUT2D eigenvalue weighted by atomic mass is 32.2. The van der Waals surface area contributed by atoms with E-state index in [2.05, 4.69) is 15.8 Å². The van der Waals surface area contributed by atoms with Crippen LogP contribution in [0.4, 0.5) is 14.5 Å². The minimum absolute atomic E-state index is 0.0548. The van der Waals surface area contributed by atoms with E-state index in [-0.39, 0.29) is 4.90 Å². The van der Waals surface area contributed by atoms with Gasteiger partial charge in [0.25, 0.3) is 0 Å². The van der Waals surface area contributed by atoms with E-state index in [1.165, 1.54) is 0 Å². The van der Waals surface area contributed by atoms with Gasteiger partial charge in [0.1, 0.15) is 11.0 Å². The van der Waals surface area contributed by atoms with E-state index in [9.17, 15) is 8.78 Å². The fourth-order valence-corrected chi connectivity index (χ4v) is 3.58. The maximum Gasteiger partial charge on any atom is 0.194 e. The topological polar surface area (TPSA) is 51.6 Å². The number of H-pyrrole nitrogens is 1. The lowest BCUT2D eigenvalue weighted by atomic mass is 10.1. The van der Waals surface area contributed by atoms with Crippen LogP contribution in [0.15, 0.2) is 28.6 Å². The fourth-order valence-electron chi connectivity index (χ4n) is 2.09. The Bertz CT molecular complexity index is 842. The lowest BCUT2D eigenvalue weighted by Gasteiger charge is -2.07. The molecule has 2 heterocycles. The van der Waals surface area contributed by atoms with Crippen LogP contribution in [0.1, 0.15) is 11.1 Å². The lowest BCUT2D eigenvalue weighted by molar-refractivity contribution is 0.569. The molecule has 0 fully saturated rings. The second-order valence-corrected chi connectivity index (χ2v) is 6.03. The Hall–Kier alpha value is -2.04. The first kappa shape index (κ1) is 13.9. The van der Waals surface area contributed by atoms with E-state index in [0.717, 1.165) is 45.1 Å². The quantitative estimate of drug-likeness (QED) is 0.681. The molecule has 0 spiro atoms. The molecule has 3 rings (SSSR count). The van der Waals surface area contributed by atoms with Crippen molar-refractivity contribution < 1.29 is 8.78 Å². The summed E-state index contributed by atoms with van der Waals surface area (Å²) in [6, 6.07) is 5.79. The van der Waals surface area contributed by atoms with E-state index >= 15 is 0 Å². The molecule has 2 aromatic heterocycles. The summed E-state index contributed by atoms with van der Waals surface area (Å²) in [7, 11) is 0. The van der Waals surface area contributed by atoms with Crippen LogP contribution < -0.4 is 4.72 Å². The molecule has 0 unspecified atom stereocenters. The van der Waals surface area contributed by atoms with Crippen LogP contribution in [0.5, 0.6) is 0 Å². The summed E-state index contributed by atoms with van der Waals surface area (Å²) in [5.41, 5.74) is 2.93. The van der Waals surface area contributed by atoms with Crippen LogP contribution in [0.25, 0.3) is 10.9 Å². The van der Waals surface area contributed by atoms with Gasteiger partial charge in [-0.15, -0.1) is 11.3 Å². The van der Waals surface area contributed by atoms with Gasteiger partial charge in [-0.25, -0.2) is 4.39 Å². The first-order valence-electron chi connectivity index (χ1n) is 5.98. The Morgan fingerprint density at radius 1 is 1.38 bits per heavy atom. The monoisotopic (exact) mass is 321 g/mol. The number of nitrogens with zero attached hydrogens (tertiary/aromatic N) is 1. The predicted molar refractivity (Wildman–Crippen MR) is 81.5 cm³/mol. The predicted octanol–water partition coefficient (Wildman–Crippen LogP) is 4.81. The van der Waals surface area contributed by atoms with Gasteiger partial charge in [0.2, 0.25) is 0 Å². The van der Waals surface area contributed by atoms with Crippen molar-refractivity contribution in [3.63, 3.8) is 0 Å². The molecule has 0 bridgehead atoms. The third-order valence-corrected chi connectivity index (χ3v) is 4.85. The largest absolute Gasteiger partial charge is 0.358 e. The van der Waals surface area contributed by atoms with Crippen LogP contribution in [-0.4, -0.2) is 4.98 Å². The van der Waals surface area contributed by atoms with E-state index in [4.69, 9.17) is 5.26 Å². The molecule has 2 N–H and O–H groups in total. The number of rotatable bonds is 3. The van der Waals surface area contributed by atoms with Crippen molar-refractivity contribution in [3.8, 4) is 6.07 Å². The SMILES string of the molecule is Cc1ccc(NSc2c(F)csc2F)c2[nH]cc(C#N)c12. The summed E-state index contributed by atoms with van der Waals surface area (Å²) in [5, 5.41) is 10.5. The summed E-state index contributed by atoms with van der Waals surface area (Å²) in [4.78, 5) is 2.97. The fraction of sp³-hybridized carbons (Fsp3) is 0.0714. The highest BCUT2D eigenvalue weighted by Gasteiger charge is 2.14. The molecule has 0 atom stereocenters. The van der Waals surface area contributed by atoms with Crippen molar-refractivity contribution in [3.05, 3.63) is 45.8 Å². The Balaban J connectivity index is 1.97. The molecule has 0 saturated heterocycles. The number of hydrogen-bond acceptors (Lipinski definition) is 4. The highest BCUT2D eigenvalue weighted by molar-refractivity contribution is 8.00. The smallest absolute Gasteiger partial charge is 0.194 e. The number of halogens is 2. The number of aryl methyl sites for hydroxylation is 1. The number of thiophene rings is 1. The number of fused-ring (bicyclic) bond motifs is 1. The number of benzene rings is 1. The number of aromatic amines is 1. The van der Waals surface area contributed by atoms with Gasteiger partial charge < -0.3 is 9.71 Å². The zero-order valence-electron chi connectivity index (χ0n) is 10.8. The number of aromatic nitrogens is 1. The van der Waals surface area contributed by atoms with Crippen molar-refractivity contribution in [1.82, 2.24) is 4.98 Å². The van der Waals surface area contributed by atoms with E-state index < -0.39 is 10.9 Å². The number of nitriles is 1. The number of anilines is 1. The van der Waals surface area contributed by atoms with Gasteiger partial charge in [0, 0.05) is 17.0 Å². The minimum Gasteiger partial charge on any atom is -0.358 e. The summed E-state index contributed by atoms with van der Waals surface area (Å²) in [6.07, 6.45) is 1.62. The molecule has 7 heteroatoms. The molecule has 0 saturated carbocycles. The molecule has 1 aromatic carbocycles. The molecule has 0 radical (unpaired) electrons. The average molecular weight is 321 g/mol. The Labute approximate surface area is 127 Å². The van der Waals surface area contributed by atoms with Crippen molar-refractivity contribution in [2.75, 3.05) is 4.72 Å². The molecule has 0 aliphatic rings. The first-order chi connectivity index (χ1) is 10.1. The molecule has 3 aromatic rings. The van der Waals surface area contributed by atoms with Crippen molar-refractivity contribution in [2.24, 2.45) is 0 Å². The van der Waals surface area contributed by atoms with E-state index in [0.29, 0.717) is 11.3 Å². The second kappa shape index (κ2) is 5.39. The molecule has 0 aliphatic carbocycles. The highest BCUT2D eigenvalue weighted by Crippen LogP contribution is 2.34. The standard InChI is InChI=1S/C14H9F2N3S2/c1-7-2-3-10(12-11(7)8(4-17)5-18-12)19-21-13-9(15)6-20-14(13)16/h2-3,5-6,18-19H,1H3. The van der Waals surface area contributed by atoms with Gasteiger partial charge in [-0.1, -0.05) is 6.07 Å². The molecule has 0 amide bonds. The van der Waals surface area contributed by atoms with Crippen molar-refractivity contribution >= 4 is 39.9 Å². The van der Waals surface area contributed by atoms with Crippen LogP contribution in [0.2, 0.25) is 0 Å². The molecule has 106 valence electrons. The van der Waals surface area contributed by atoms with E-state index in [1.54, 1.807) is 6.20 Å². The van der Waals surface area contributed by atoms with Crippen LogP contribution in [0, 0.1) is 29.2 Å². The normalized spacial score (nSPS) is 10.8. The van der Waals surface area contributed by atoms with Crippen LogP contribution >= 0.6 is 23.3 Å². The van der Waals surface area contributed by atoms with Crippen molar-refractivity contribution in [1.29, 1.82) is 5.26 Å². The maximum absolute atomic E-state index is 13.4. The molecular weight excluding hydrogens is 312 g/mol. The Morgan fingerprint density at radius 3 is 2.86 bits per heavy atom. The zero-order chi connectivity index (χ0) is 15.0. The number of hydrogen-bond donors (Lipinski definition) is 2. The summed E-state index contributed by atoms with van der Waals surface area (Å²) in [5.74, 6) is -0.581. The molecule has 0 aliphatic heterocycles. The average Bonchev–Trinajstić information content (AvgIpc) is 3.04. The van der Waals surface area contributed by atoms with Gasteiger partial charge in [0.05, 0.1) is 16.8 Å². The van der Waals surface area contributed by atoms with E-state index in [1.807, 2.05) is 19.1 Å². The van der Waals surface area contributed by atoms with Gasteiger partial charge in [-0.3, -0.25) is 0 Å². The lowest BCUT2D eigenvalue weighted by Crippen LogP contribution is -1.91. The molecule has 21 heavy (non-hydrogen) atoms. The molecule has 3 nitrogen and oxygen atoms in total. The summed E-state index contributed by atoms with van der Waals surface area (Å²) < 4.78 is 29.8. The number of nitrogens with one attached hydrogen (secondary N) is 2. The third-order valence-electron chi connectivity index (χ3n) is 3.09. The summed E-state index contributed by atoms with van der Waals surface area (Å²) in [6.45, 7) is 1.91. The van der Waals surface area contributed by atoms with Crippen LogP contribution in [0.3, 0.4) is 0 Å².